The molecule has 0 radical (unpaired) electrons. The van der Waals surface area contributed by atoms with Crippen molar-refractivity contribution in [1.82, 2.24) is 90.4 Å². The summed E-state index contributed by atoms with van der Waals surface area (Å²) in [6.07, 6.45) is -4.36. The SMILES string of the molecule is CC[C@H](C)[C@H](NC(=O)[C@H](CCCNC(=N)N)NC(=O)[C@H](CCCNC(=N)N)NC(=O)[C@H](CC(C)C)NC(=O)[C@H](CCC(N)=O)NC(=O)[C@H](CCC(=O)O)NC(=O)[C@H](C)NC(=O)[C@@H](NC(=O)[C@H](CNC(=O)c1cccc(S(=O)(=O)F)c1)NC(C)=O)[C@@H](C)CC)C(=O)NCC(=O)N[C@@H](CC(=O)O)C(=O)N[C@@H](CCCNC(=N)N)C(=O)N[C@@H](Cc1ccccc1)C(N)=O. The maximum atomic E-state index is 14.8. The van der Waals surface area contributed by atoms with Crippen LogP contribution in [0.1, 0.15) is 161 Å². The highest BCUT2D eigenvalue weighted by molar-refractivity contribution is 7.86. The van der Waals surface area contributed by atoms with E-state index in [4.69, 9.17) is 44.9 Å². The predicted octanol–water partition coefficient (Wildman–Crippen LogP) is -6.69. The van der Waals surface area contributed by atoms with Crippen molar-refractivity contribution in [1.29, 1.82) is 16.2 Å². The van der Waals surface area contributed by atoms with Crippen molar-refractivity contribution in [3.8, 4) is 0 Å². The number of guanidine groups is 3. The number of amides is 16. The lowest BCUT2D eigenvalue weighted by atomic mass is 9.97. The van der Waals surface area contributed by atoms with Gasteiger partial charge in [-0.05, 0) is 106 Å². The monoisotopic (exact) mass is 1790 g/mol. The lowest BCUT2D eigenvalue weighted by Gasteiger charge is -2.29. The number of benzene rings is 2. The fraction of sp³-hybridized carbons (Fsp3) is 0.566. The Hall–Kier alpha value is -13.4. The minimum Gasteiger partial charge on any atom is -0.481 e. The molecule has 694 valence electrons. The predicted molar refractivity (Wildman–Crippen MR) is 447 cm³/mol. The first kappa shape index (κ1) is 108. The first-order valence-electron chi connectivity index (χ1n) is 40.1. The van der Waals surface area contributed by atoms with Crippen LogP contribution in [0.3, 0.4) is 0 Å². The average molecular weight is 1790 g/mol. The molecule has 16 amide bonds. The van der Waals surface area contributed by atoms with Gasteiger partial charge in [-0.3, -0.25) is 103 Å². The van der Waals surface area contributed by atoms with E-state index in [1.807, 2.05) is 0 Å². The van der Waals surface area contributed by atoms with Gasteiger partial charge in [0.1, 0.15) is 72.5 Å². The smallest absolute Gasteiger partial charge is 0.332 e. The number of nitrogens with one attached hydrogen (secondary N) is 20. The van der Waals surface area contributed by atoms with Crippen molar-refractivity contribution >= 4 is 135 Å². The zero-order valence-electron chi connectivity index (χ0n) is 70.7. The highest BCUT2D eigenvalue weighted by atomic mass is 32.3. The zero-order valence-corrected chi connectivity index (χ0v) is 71.5. The average Bonchev–Trinajstić information content (AvgIpc) is 0.828. The van der Waals surface area contributed by atoms with Crippen LogP contribution in [-0.2, 0) is 98.2 Å². The molecule has 49 heteroatoms. The Kier molecular flexibility index (Phi) is 47.3. The molecule has 2 aromatic rings. The van der Waals surface area contributed by atoms with Crippen LogP contribution in [0.5, 0.6) is 0 Å². The Labute approximate surface area is 721 Å². The van der Waals surface area contributed by atoms with Gasteiger partial charge in [0.25, 0.3) is 5.91 Å². The summed E-state index contributed by atoms with van der Waals surface area (Å²) >= 11 is 0. The lowest BCUT2D eigenvalue weighted by molar-refractivity contribution is -0.141. The Bertz CT molecular complexity index is 4260. The Morgan fingerprint density at radius 1 is 0.432 bits per heavy atom. The molecule has 32 N–H and O–H groups in total. The largest absolute Gasteiger partial charge is 0.481 e. The van der Waals surface area contributed by atoms with Gasteiger partial charge in [0, 0.05) is 57.9 Å². The number of carbonyl (C=O) groups excluding carboxylic acids is 16. The molecule has 2 rings (SSSR count). The summed E-state index contributed by atoms with van der Waals surface area (Å²) in [6, 6.07) is -7.18. The number of hydrogen-bond donors (Lipinski definition) is 27. The van der Waals surface area contributed by atoms with Crippen molar-refractivity contribution in [2.45, 2.75) is 229 Å². The summed E-state index contributed by atoms with van der Waals surface area (Å²) in [5.74, 6) is -23.1. The summed E-state index contributed by atoms with van der Waals surface area (Å²) in [5.41, 5.74) is 27.8. The number of hydrogen-bond acceptors (Lipinski definition) is 23. The third-order valence-electron chi connectivity index (χ3n) is 19.1. The zero-order chi connectivity index (χ0) is 94.5. The normalized spacial score (nSPS) is 14.4. The van der Waals surface area contributed by atoms with Gasteiger partial charge < -0.3 is 129 Å². The Balaban J connectivity index is 2.52. The number of carbonyl (C=O) groups is 18. The molecular formula is C76H120FN25O22S. The lowest BCUT2D eigenvalue weighted by Crippen LogP contribution is -2.61. The molecule has 47 nitrogen and oxygen atoms in total. The molecule has 0 spiro atoms. The summed E-state index contributed by atoms with van der Waals surface area (Å²) in [6.45, 7) is 10.1. The van der Waals surface area contributed by atoms with Crippen LogP contribution in [0, 0.1) is 34.0 Å². The first-order chi connectivity index (χ1) is 58.6. The van der Waals surface area contributed by atoms with Gasteiger partial charge in [0.05, 0.1) is 17.9 Å². The molecule has 0 fully saturated rings. The second kappa shape index (κ2) is 54.9. The molecule has 0 unspecified atom stereocenters. The van der Waals surface area contributed by atoms with Crippen LogP contribution in [0.25, 0.3) is 0 Å². The number of rotatable bonds is 58. The summed E-state index contributed by atoms with van der Waals surface area (Å²) in [4.78, 5) is 244. The second-order valence-corrected chi connectivity index (χ2v) is 31.2. The van der Waals surface area contributed by atoms with Crippen LogP contribution in [-0.4, -0.2) is 248 Å². The highest BCUT2D eigenvalue weighted by Gasteiger charge is 2.39. The number of nitrogens with two attached hydrogens (primary N) is 5. The van der Waals surface area contributed by atoms with Crippen LogP contribution in [0.15, 0.2) is 59.5 Å². The van der Waals surface area contributed by atoms with Crippen molar-refractivity contribution in [3.63, 3.8) is 0 Å². The van der Waals surface area contributed by atoms with Gasteiger partial charge in [0.15, 0.2) is 17.9 Å². The number of primary amides is 2. The van der Waals surface area contributed by atoms with E-state index < -0.39 is 275 Å². The third-order valence-corrected chi connectivity index (χ3v) is 19.9. The maximum Gasteiger partial charge on any atom is 0.332 e. The molecule has 0 bridgehead atoms. The minimum atomic E-state index is -5.23. The quantitative estimate of drug-likeness (QED) is 0.0127. The first-order valence-corrected chi connectivity index (χ1v) is 41.5. The molecule has 0 aliphatic heterocycles. The third kappa shape index (κ3) is 42.3. The maximum absolute atomic E-state index is 14.8. The Morgan fingerprint density at radius 2 is 0.848 bits per heavy atom. The van der Waals surface area contributed by atoms with Gasteiger partial charge in [-0.25, -0.2) is 0 Å². The molecule has 0 aromatic heterocycles. The van der Waals surface area contributed by atoms with Crippen LogP contribution >= 0.6 is 0 Å². The van der Waals surface area contributed by atoms with Crippen molar-refractivity contribution in [3.05, 3.63) is 65.7 Å². The van der Waals surface area contributed by atoms with E-state index in [2.05, 4.69) is 90.4 Å². The number of halogens is 1. The molecule has 0 saturated heterocycles. The molecule has 2 aromatic carbocycles. The fourth-order valence-corrected chi connectivity index (χ4v) is 12.4. The molecule has 0 heterocycles. The topological polar surface area (TPSA) is 788 Å². The molecule has 0 saturated carbocycles. The molecule has 0 aliphatic rings. The molecule has 125 heavy (non-hydrogen) atoms. The van der Waals surface area contributed by atoms with E-state index in [1.54, 1.807) is 65.0 Å². The highest BCUT2D eigenvalue weighted by Crippen LogP contribution is 2.17. The van der Waals surface area contributed by atoms with E-state index in [0.717, 1.165) is 38.1 Å². The van der Waals surface area contributed by atoms with Crippen LogP contribution in [0.4, 0.5) is 3.89 Å². The number of carboxylic acid groups (broad SMARTS) is 2. The summed E-state index contributed by atoms with van der Waals surface area (Å²) < 4.78 is 36.7. The van der Waals surface area contributed by atoms with Gasteiger partial charge in [-0.15, -0.1) is 3.89 Å². The summed E-state index contributed by atoms with van der Waals surface area (Å²) in [5, 5.41) is 83.9. The van der Waals surface area contributed by atoms with Crippen molar-refractivity contribution in [2.24, 2.45) is 46.4 Å². The summed E-state index contributed by atoms with van der Waals surface area (Å²) in [7, 11) is -5.23. The van der Waals surface area contributed by atoms with Gasteiger partial charge in [-0.1, -0.05) is 90.8 Å². The molecule has 14 atom stereocenters. The van der Waals surface area contributed by atoms with E-state index in [-0.39, 0.29) is 89.4 Å². The minimum absolute atomic E-state index is 0.0154. The molecule has 0 aliphatic carbocycles. The van der Waals surface area contributed by atoms with Gasteiger partial charge in [-0.2, -0.15) is 8.42 Å². The standard InChI is InChI=1S/C76H120FN25O22S/c1-9-39(5)59(72(121)90-37-56(105)93-53(35-58(108)109)70(119)97-47(23-16-30-87-75(82)83)65(114)99-51(61(79)110)33-43-18-12-11-13-19-43)101-68(117)48(24-17-31-88-76(84)85)95-64(113)46(22-15-29-86-74(80)81)96-69(118)52(32-38(3)4)100-67(116)49(25-27-55(78)104)98-66(115)50(26-28-57(106)107)94-62(111)41(7)91-73(122)60(40(6)10-2)102-71(120)54(92-42(8)103)36-89-63(112)44-20-14-21-45(34-44)125(77,123)124/h11-14,18-21,34,38-41,46-54,59-60H,9-10,15-17,22-33,35-37H2,1-8H3,(H2,78,104)(H2,79,110)(H,89,112)(H,90,121)(H,91,122)(H,92,103)(H,93,105)(H,94,111)(H,95,113)(H,96,118)(H,97,119)(H,98,115)(H,99,114)(H,100,116)(H,101,117)(H,102,120)(H,106,107)(H,108,109)(H4,80,81,86)(H4,82,83,87)(H4,84,85,88)/t39-,40-,41-,46-,47-,48-,49-,50-,51-,52-,53-,54-,59-,60-/m0/s1. The van der Waals surface area contributed by atoms with Crippen LogP contribution in [0.2, 0.25) is 0 Å². The van der Waals surface area contributed by atoms with Crippen molar-refractivity contribution < 1.29 is 109 Å². The van der Waals surface area contributed by atoms with Gasteiger partial charge in [0.2, 0.25) is 88.6 Å². The van der Waals surface area contributed by atoms with Crippen LogP contribution < -0.4 is 119 Å². The van der Waals surface area contributed by atoms with E-state index in [1.165, 1.54) is 6.92 Å². The van der Waals surface area contributed by atoms with E-state index >= 15 is 0 Å². The molecular weight excluding hydrogens is 1670 g/mol. The number of aliphatic carboxylic acids is 2. The number of carboxylic acids is 2. The Morgan fingerprint density at radius 3 is 1.27 bits per heavy atom. The van der Waals surface area contributed by atoms with Crippen molar-refractivity contribution in [2.75, 3.05) is 32.7 Å². The fourth-order valence-electron chi connectivity index (χ4n) is 11.9. The van der Waals surface area contributed by atoms with E-state index in [9.17, 15) is 109 Å². The van der Waals surface area contributed by atoms with E-state index in [0.29, 0.717) is 5.56 Å². The second-order valence-electron chi connectivity index (χ2n) is 29.9. The van der Waals surface area contributed by atoms with Gasteiger partial charge >= 0.3 is 22.2 Å².